The lowest BCUT2D eigenvalue weighted by Crippen LogP contribution is -2.27. The molecule has 4 heterocycles. The highest BCUT2D eigenvalue weighted by atomic mass is 19.1. The number of aromatic nitrogens is 3. The second-order valence-electron chi connectivity index (χ2n) is 6.85. The molecule has 2 saturated heterocycles. The van der Waals surface area contributed by atoms with Gasteiger partial charge in [-0.15, -0.1) is 0 Å². The van der Waals surface area contributed by atoms with Crippen molar-refractivity contribution in [3.8, 4) is 0 Å². The Morgan fingerprint density at radius 3 is 2.82 bits per heavy atom. The summed E-state index contributed by atoms with van der Waals surface area (Å²) in [6.45, 7) is 2.00. The summed E-state index contributed by atoms with van der Waals surface area (Å²) < 4.78 is 13.9. The molecule has 0 aromatic carbocycles. The Kier molecular flexibility index (Phi) is 5.05. The lowest BCUT2D eigenvalue weighted by atomic mass is 10.1. The number of rotatable bonds is 6. The highest BCUT2D eigenvalue weighted by Gasteiger charge is 2.26. The highest BCUT2D eigenvalue weighted by molar-refractivity contribution is 6.08. The van der Waals surface area contributed by atoms with E-state index in [1.807, 2.05) is 12.1 Å². The first-order valence-corrected chi connectivity index (χ1v) is 9.31. The van der Waals surface area contributed by atoms with Gasteiger partial charge < -0.3 is 15.6 Å². The van der Waals surface area contributed by atoms with Gasteiger partial charge in [0.05, 0.1) is 30.7 Å². The number of halogens is 1. The number of nitrogens with zero attached hydrogens (tertiary/aromatic N) is 5. The van der Waals surface area contributed by atoms with Gasteiger partial charge in [-0.05, 0) is 31.1 Å². The van der Waals surface area contributed by atoms with Crippen molar-refractivity contribution < 1.29 is 9.18 Å². The molecule has 2 N–H and O–H groups in total. The second kappa shape index (κ2) is 7.79. The van der Waals surface area contributed by atoms with Crippen molar-refractivity contribution >= 4 is 23.2 Å². The largest absolute Gasteiger partial charge is 0.357 e. The summed E-state index contributed by atoms with van der Waals surface area (Å²) in [4.78, 5) is 20.5. The van der Waals surface area contributed by atoms with Gasteiger partial charge >= 0.3 is 6.03 Å². The fourth-order valence-electron chi connectivity index (χ4n) is 3.41. The minimum Gasteiger partial charge on any atom is -0.357 e. The average molecular weight is 383 g/mol. The molecule has 8 nitrogen and oxygen atoms in total. The van der Waals surface area contributed by atoms with E-state index in [-0.39, 0.29) is 18.3 Å². The second-order valence-corrected chi connectivity index (χ2v) is 6.85. The lowest BCUT2D eigenvalue weighted by Gasteiger charge is -2.16. The number of nitrogens with one attached hydrogen (secondary N) is 2. The average Bonchev–Trinajstić information content (AvgIpc) is 3.43. The molecular weight excluding hydrogens is 361 g/mol. The molecule has 146 valence electrons. The van der Waals surface area contributed by atoms with E-state index in [1.165, 1.54) is 28.6 Å². The van der Waals surface area contributed by atoms with Crippen LogP contribution in [-0.2, 0) is 6.54 Å². The van der Waals surface area contributed by atoms with Crippen molar-refractivity contribution in [1.82, 2.24) is 20.1 Å². The highest BCUT2D eigenvalue weighted by Crippen LogP contribution is 2.20. The first kappa shape index (κ1) is 18.1. The third-order valence-corrected chi connectivity index (χ3v) is 4.89. The Morgan fingerprint density at radius 1 is 1.29 bits per heavy atom. The number of hydrogen-bond donors (Lipinski definition) is 2. The van der Waals surface area contributed by atoms with E-state index in [2.05, 4.69) is 20.3 Å². The zero-order valence-corrected chi connectivity index (χ0v) is 15.4. The molecule has 2 aromatic heterocycles. The summed E-state index contributed by atoms with van der Waals surface area (Å²) in [5, 5.41) is 15.1. The summed E-state index contributed by atoms with van der Waals surface area (Å²) in [7, 11) is 0. The van der Waals surface area contributed by atoms with E-state index in [9.17, 15) is 9.18 Å². The van der Waals surface area contributed by atoms with E-state index in [0.29, 0.717) is 23.5 Å². The zero-order valence-electron chi connectivity index (χ0n) is 15.4. The third-order valence-electron chi connectivity index (χ3n) is 4.89. The van der Waals surface area contributed by atoms with Gasteiger partial charge in [-0.3, -0.25) is 9.58 Å². The first-order valence-electron chi connectivity index (χ1n) is 9.31. The number of alkyl halides is 1. The maximum Gasteiger partial charge on any atom is 0.326 e. The van der Waals surface area contributed by atoms with Crippen molar-refractivity contribution in [1.29, 1.82) is 5.41 Å². The van der Waals surface area contributed by atoms with Gasteiger partial charge in [0.1, 0.15) is 12.5 Å². The Balaban J connectivity index is 1.43. The molecule has 0 spiro atoms. The monoisotopic (exact) mass is 383 g/mol. The Bertz CT molecular complexity index is 899. The summed E-state index contributed by atoms with van der Waals surface area (Å²) in [5.41, 5.74) is 2.19. The van der Waals surface area contributed by atoms with E-state index < -0.39 is 6.67 Å². The van der Waals surface area contributed by atoms with E-state index in [4.69, 9.17) is 5.41 Å². The molecule has 28 heavy (non-hydrogen) atoms. The van der Waals surface area contributed by atoms with Crippen LogP contribution in [0.4, 0.5) is 20.7 Å². The number of carbonyl (C=O) groups is 1. The number of aryl methyl sites for hydroxylation is 1. The molecule has 0 saturated carbocycles. The van der Waals surface area contributed by atoms with Crippen LogP contribution in [0.15, 0.2) is 42.5 Å². The van der Waals surface area contributed by atoms with Crippen molar-refractivity contribution in [3.05, 3.63) is 48.1 Å². The number of carbonyl (C=O) groups excluding carboxylic acids is 1. The van der Waals surface area contributed by atoms with Gasteiger partial charge in [-0.2, -0.15) is 5.10 Å². The van der Waals surface area contributed by atoms with Gasteiger partial charge in [0.2, 0.25) is 0 Å². The molecule has 2 aliphatic heterocycles. The van der Waals surface area contributed by atoms with Crippen LogP contribution >= 0.6 is 0 Å². The van der Waals surface area contributed by atoms with Crippen LogP contribution in [-0.4, -0.2) is 52.8 Å². The van der Waals surface area contributed by atoms with Crippen LogP contribution in [0.3, 0.4) is 0 Å². The summed E-state index contributed by atoms with van der Waals surface area (Å²) in [5.74, 6) is 0.937. The van der Waals surface area contributed by atoms with Crippen molar-refractivity contribution in [2.75, 3.05) is 36.1 Å². The number of amides is 2. The van der Waals surface area contributed by atoms with E-state index in [1.54, 1.807) is 18.5 Å². The molecule has 2 amide bonds. The first-order chi connectivity index (χ1) is 13.6. The molecule has 0 bridgehead atoms. The topological polar surface area (TPSA) is 90.1 Å². The summed E-state index contributed by atoms with van der Waals surface area (Å²) in [6.07, 6.45) is 8.88. The molecule has 0 radical (unpaired) electrons. The molecule has 2 fully saturated rings. The number of pyridine rings is 1. The minimum atomic E-state index is -0.514. The summed E-state index contributed by atoms with van der Waals surface area (Å²) in [6, 6.07) is 3.53. The number of hydrogen-bond acceptors (Lipinski definition) is 5. The van der Waals surface area contributed by atoms with Gasteiger partial charge in [0.15, 0.2) is 0 Å². The fourth-order valence-corrected chi connectivity index (χ4v) is 3.41. The zero-order chi connectivity index (χ0) is 19.5. The van der Waals surface area contributed by atoms with Crippen LogP contribution in [0.2, 0.25) is 0 Å². The van der Waals surface area contributed by atoms with Gasteiger partial charge in [-0.1, -0.05) is 0 Å². The van der Waals surface area contributed by atoms with Crippen LogP contribution < -0.4 is 15.1 Å². The molecular formula is C19H22FN7O. The van der Waals surface area contributed by atoms with Crippen LogP contribution in [0.25, 0.3) is 0 Å². The number of allylic oxidation sites excluding steroid dienone is 1. The maximum atomic E-state index is 12.4. The quantitative estimate of drug-likeness (QED) is 0.749. The predicted octanol–water partition coefficient (Wildman–Crippen LogP) is 2.33. The lowest BCUT2D eigenvalue weighted by molar-refractivity contribution is 0.252. The molecule has 2 aliphatic rings. The Morgan fingerprint density at radius 2 is 2.11 bits per heavy atom. The normalized spacial score (nSPS) is 18.2. The third kappa shape index (κ3) is 3.73. The van der Waals surface area contributed by atoms with E-state index in [0.717, 1.165) is 18.9 Å². The maximum absolute atomic E-state index is 12.4. The predicted molar refractivity (Wildman–Crippen MR) is 105 cm³/mol. The van der Waals surface area contributed by atoms with E-state index >= 15 is 0 Å². The van der Waals surface area contributed by atoms with Crippen LogP contribution in [0, 0.1) is 5.41 Å². The molecule has 9 heteroatoms. The number of anilines is 2. The van der Waals surface area contributed by atoms with Crippen LogP contribution in [0.1, 0.15) is 18.4 Å². The smallest absolute Gasteiger partial charge is 0.326 e. The minimum absolute atomic E-state index is 0.156. The molecule has 0 aliphatic carbocycles. The Hall–Kier alpha value is -3.23. The molecule has 0 atom stereocenters. The van der Waals surface area contributed by atoms with Gasteiger partial charge in [-0.25, -0.2) is 14.2 Å². The molecule has 4 rings (SSSR count). The van der Waals surface area contributed by atoms with Gasteiger partial charge in [0, 0.05) is 36.7 Å². The van der Waals surface area contributed by atoms with Crippen molar-refractivity contribution in [2.24, 2.45) is 0 Å². The molecule has 2 aromatic rings. The van der Waals surface area contributed by atoms with Gasteiger partial charge in [0.25, 0.3) is 0 Å². The summed E-state index contributed by atoms with van der Waals surface area (Å²) >= 11 is 0. The van der Waals surface area contributed by atoms with Crippen molar-refractivity contribution in [3.63, 3.8) is 0 Å². The SMILES string of the molecule is N=C(/C=C1/CN(c2cnn(CCF)c2)C(=O)N1)c1ccc(N2CCCC2)nc1. The standard InChI is InChI=1S/C19H22FN7O/c20-5-8-26-13-16(11-23-26)27-12-15(24-19(27)28)9-17(21)14-3-4-18(22-10-14)25-6-1-2-7-25/h3-4,9-11,13,21H,1-2,5-8,12H2,(H,24,28)/b15-9-,21-17?. The fraction of sp³-hybridized carbons (Fsp3) is 0.368. The van der Waals surface area contributed by atoms with Crippen molar-refractivity contribution in [2.45, 2.75) is 19.4 Å². The Labute approximate surface area is 162 Å². The van der Waals surface area contributed by atoms with Crippen LogP contribution in [0.5, 0.6) is 0 Å². The number of urea groups is 1. The molecule has 0 unspecified atom stereocenters.